The summed E-state index contributed by atoms with van der Waals surface area (Å²) in [5.74, 6) is 0.501. The smallest absolute Gasteiger partial charge is 0.318 e. The van der Waals surface area contributed by atoms with Crippen molar-refractivity contribution >= 4 is 11.7 Å². The van der Waals surface area contributed by atoms with Crippen molar-refractivity contribution in [3.63, 3.8) is 0 Å². The van der Waals surface area contributed by atoms with Crippen molar-refractivity contribution in [2.75, 3.05) is 17.2 Å². The minimum atomic E-state index is 0.501. The summed E-state index contributed by atoms with van der Waals surface area (Å²) in [5.41, 5.74) is 10.0. The molecule has 22 heavy (non-hydrogen) atoms. The second kappa shape index (κ2) is 5.18. The molecule has 1 aliphatic heterocycles. The SMILES string of the molecule is Nc1cccc(-c2nnc(N3CCc4ccccc4C3)o2)c1. The standard InChI is InChI=1S/C17H16N4O/c18-15-7-3-6-13(10-15)16-19-20-17(22-16)21-9-8-12-4-1-2-5-14(12)11-21/h1-7,10H,8-9,11,18H2. The van der Waals surface area contributed by atoms with Crippen molar-refractivity contribution in [2.24, 2.45) is 0 Å². The number of nitrogens with zero attached hydrogens (tertiary/aromatic N) is 3. The van der Waals surface area contributed by atoms with Gasteiger partial charge in [0.1, 0.15) is 0 Å². The van der Waals surface area contributed by atoms with Crippen molar-refractivity contribution in [2.45, 2.75) is 13.0 Å². The Bertz CT molecular complexity index is 812. The molecule has 0 unspecified atom stereocenters. The van der Waals surface area contributed by atoms with Crippen LogP contribution in [0.15, 0.2) is 52.9 Å². The largest absolute Gasteiger partial charge is 0.403 e. The lowest BCUT2D eigenvalue weighted by molar-refractivity contribution is 0.533. The molecule has 0 spiro atoms. The maximum atomic E-state index is 5.83. The fraction of sp³-hybridized carbons (Fsp3) is 0.176. The Morgan fingerprint density at radius 1 is 1.00 bits per heavy atom. The van der Waals surface area contributed by atoms with E-state index in [0.717, 1.165) is 25.1 Å². The summed E-state index contributed by atoms with van der Waals surface area (Å²) < 4.78 is 5.83. The molecule has 0 bridgehead atoms. The van der Waals surface area contributed by atoms with Crippen LogP contribution in [0.5, 0.6) is 0 Å². The molecule has 2 N–H and O–H groups in total. The highest BCUT2D eigenvalue weighted by atomic mass is 16.4. The first kappa shape index (κ1) is 12.9. The van der Waals surface area contributed by atoms with Gasteiger partial charge in [-0.15, -0.1) is 5.10 Å². The number of hydrogen-bond acceptors (Lipinski definition) is 5. The molecular weight excluding hydrogens is 276 g/mol. The highest BCUT2D eigenvalue weighted by molar-refractivity contribution is 5.60. The van der Waals surface area contributed by atoms with E-state index in [2.05, 4.69) is 39.4 Å². The van der Waals surface area contributed by atoms with E-state index in [-0.39, 0.29) is 0 Å². The van der Waals surface area contributed by atoms with Crippen LogP contribution in [0, 0.1) is 0 Å². The maximum Gasteiger partial charge on any atom is 0.318 e. The fourth-order valence-corrected chi connectivity index (χ4v) is 2.79. The summed E-state index contributed by atoms with van der Waals surface area (Å²) in [6, 6.07) is 16.5. The number of hydrogen-bond donors (Lipinski definition) is 1. The Balaban J connectivity index is 1.60. The lowest BCUT2D eigenvalue weighted by atomic mass is 10.0. The fourth-order valence-electron chi connectivity index (χ4n) is 2.79. The molecule has 2 heterocycles. The van der Waals surface area contributed by atoms with Crippen LogP contribution in [0.2, 0.25) is 0 Å². The van der Waals surface area contributed by atoms with Crippen LogP contribution >= 0.6 is 0 Å². The molecule has 0 atom stereocenters. The summed E-state index contributed by atoms with van der Waals surface area (Å²) in [5, 5.41) is 8.33. The number of nitrogen functional groups attached to an aromatic ring is 1. The number of anilines is 2. The maximum absolute atomic E-state index is 5.83. The minimum absolute atomic E-state index is 0.501. The number of rotatable bonds is 2. The van der Waals surface area contributed by atoms with Crippen LogP contribution in [-0.2, 0) is 13.0 Å². The molecule has 4 rings (SSSR count). The number of nitrogens with two attached hydrogens (primary N) is 1. The molecule has 0 saturated carbocycles. The summed E-state index contributed by atoms with van der Waals surface area (Å²) in [4.78, 5) is 2.12. The zero-order chi connectivity index (χ0) is 14.9. The summed E-state index contributed by atoms with van der Waals surface area (Å²) in [7, 11) is 0. The van der Waals surface area contributed by atoms with Crippen molar-refractivity contribution in [3.05, 3.63) is 59.7 Å². The quantitative estimate of drug-likeness (QED) is 0.736. The first-order valence-corrected chi connectivity index (χ1v) is 7.31. The number of benzene rings is 2. The van der Waals surface area contributed by atoms with Crippen molar-refractivity contribution in [3.8, 4) is 11.5 Å². The van der Waals surface area contributed by atoms with Gasteiger partial charge in [0.05, 0.1) is 0 Å². The van der Waals surface area contributed by atoms with E-state index >= 15 is 0 Å². The van der Waals surface area contributed by atoms with Crippen LogP contribution in [0.4, 0.5) is 11.7 Å². The molecule has 0 amide bonds. The minimum Gasteiger partial charge on any atom is -0.403 e. The third kappa shape index (κ3) is 2.30. The van der Waals surface area contributed by atoms with Crippen molar-refractivity contribution in [1.82, 2.24) is 10.2 Å². The Labute approximate surface area is 128 Å². The molecule has 1 aromatic heterocycles. The van der Waals surface area contributed by atoms with Gasteiger partial charge in [0.15, 0.2) is 0 Å². The average molecular weight is 292 g/mol. The summed E-state index contributed by atoms with van der Waals surface area (Å²) in [6.07, 6.45) is 0.992. The van der Waals surface area contributed by atoms with Crippen LogP contribution in [0.1, 0.15) is 11.1 Å². The summed E-state index contributed by atoms with van der Waals surface area (Å²) >= 11 is 0. The number of aromatic nitrogens is 2. The highest BCUT2D eigenvalue weighted by Gasteiger charge is 2.21. The molecule has 5 heteroatoms. The van der Waals surface area contributed by atoms with E-state index in [9.17, 15) is 0 Å². The van der Waals surface area contributed by atoms with E-state index in [1.54, 1.807) is 0 Å². The molecule has 0 aliphatic carbocycles. The predicted molar refractivity (Wildman–Crippen MR) is 85.3 cm³/mol. The first-order valence-electron chi connectivity index (χ1n) is 7.31. The molecule has 1 aliphatic rings. The average Bonchev–Trinajstić information content (AvgIpc) is 3.04. The third-order valence-electron chi connectivity index (χ3n) is 3.95. The Morgan fingerprint density at radius 2 is 1.86 bits per heavy atom. The zero-order valence-electron chi connectivity index (χ0n) is 12.1. The second-order valence-electron chi connectivity index (χ2n) is 5.46. The number of fused-ring (bicyclic) bond motifs is 1. The van der Waals surface area contributed by atoms with Gasteiger partial charge in [-0.1, -0.05) is 35.4 Å². The molecule has 2 aromatic carbocycles. The van der Waals surface area contributed by atoms with E-state index in [1.165, 1.54) is 11.1 Å². The second-order valence-corrected chi connectivity index (χ2v) is 5.46. The lowest BCUT2D eigenvalue weighted by Crippen LogP contribution is -2.30. The third-order valence-corrected chi connectivity index (χ3v) is 3.95. The predicted octanol–water partition coefficient (Wildman–Crippen LogP) is 2.88. The molecular formula is C17H16N4O. The van der Waals surface area contributed by atoms with E-state index < -0.39 is 0 Å². The molecule has 110 valence electrons. The molecule has 0 fully saturated rings. The van der Waals surface area contributed by atoms with E-state index in [1.807, 2.05) is 24.3 Å². The molecule has 0 saturated heterocycles. The summed E-state index contributed by atoms with van der Waals surface area (Å²) in [6.45, 7) is 1.68. The molecule has 0 radical (unpaired) electrons. The van der Waals surface area contributed by atoms with Gasteiger partial charge in [-0.3, -0.25) is 0 Å². The van der Waals surface area contributed by atoms with E-state index in [0.29, 0.717) is 17.6 Å². The Hall–Kier alpha value is -2.82. The van der Waals surface area contributed by atoms with Gasteiger partial charge < -0.3 is 15.1 Å². The van der Waals surface area contributed by atoms with Gasteiger partial charge in [0, 0.05) is 24.3 Å². The van der Waals surface area contributed by atoms with Gasteiger partial charge in [-0.05, 0) is 35.7 Å². The topological polar surface area (TPSA) is 68.2 Å². The Kier molecular flexibility index (Phi) is 3.04. The lowest BCUT2D eigenvalue weighted by Gasteiger charge is -2.26. The van der Waals surface area contributed by atoms with Gasteiger partial charge in [-0.25, -0.2) is 0 Å². The molecule has 3 aromatic rings. The van der Waals surface area contributed by atoms with Crippen molar-refractivity contribution < 1.29 is 4.42 Å². The first-order chi connectivity index (χ1) is 10.8. The zero-order valence-corrected chi connectivity index (χ0v) is 12.1. The van der Waals surface area contributed by atoms with Gasteiger partial charge in [-0.2, -0.15) is 0 Å². The van der Waals surface area contributed by atoms with Crippen molar-refractivity contribution in [1.29, 1.82) is 0 Å². The van der Waals surface area contributed by atoms with E-state index in [4.69, 9.17) is 10.2 Å². The monoisotopic (exact) mass is 292 g/mol. The van der Waals surface area contributed by atoms with Crippen LogP contribution in [0.25, 0.3) is 11.5 Å². The molecule has 5 nitrogen and oxygen atoms in total. The van der Waals surface area contributed by atoms with Gasteiger partial charge >= 0.3 is 6.01 Å². The van der Waals surface area contributed by atoms with Crippen LogP contribution < -0.4 is 10.6 Å². The van der Waals surface area contributed by atoms with Gasteiger partial charge in [0.25, 0.3) is 0 Å². The van der Waals surface area contributed by atoms with Gasteiger partial charge in [0.2, 0.25) is 5.89 Å². The Morgan fingerprint density at radius 3 is 2.73 bits per heavy atom. The van der Waals surface area contributed by atoms with Crippen LogP contribution in [0.3, 0.4) is 0 Å². The van der Waals surface area contributed by atoms with Crippen LogP contribution in [-0.4, -0.2) is 16.7 Å². The normalized spacial score (nSPS) is 13.9. The highest BCUT2D eigenvalue weighted by Crippen LogP contribution is 2.27.